The summed E-state index contributed by atoms with van der Waals surface area (Å²) in [4.78, 5) is 17.4. The maximum atomic E-state index is 13.3. The van der Waals surface area contributed by atoms with E-state index in [1.807, 2.05) is 5.32 Å². The lowest BCUT2D eigenvalue weighted by atomic mass is 9.97. The van der Waals surface area contributed by atoms with Gasteiger partial charge < -0.3 is 15.5 Å². The van der Waals surface area contributed by atoms with E-state index in [1.165, 1.54) is 42.4 Å². The lowest BCUT2D eigenvalue weighted by Gasteiger charge is -2.31. The molecule has 0 atom stereocenters. The monoisotopic (exact) mass is 419 g/mol. The lowest BCUT2D eigenvalue weighted by molar-refractivity contribution is -0.141. The van der Waals surface area contributed by atoms with Crippen molar-refractivity contribution in [2.24, 2.45) is 0 Å². The third-order valence-corrected chi connectivity index (χ3v) is 4.42. The number of nitrogens with zero attached hydrogens (tertiary/aromatic N) is 4. The molecule has 0 radical (unpaired) electrons. The number of fused-ring (bicyclic) bond motifs is 3. The topological polar surface area (TPSA) is 83.0 Å². The van der Waals surface area contributed by atoms with Gasteiger partial charge in [-0.05, 0) is 23.8 Å². The standard InChI is InChI=1S/C20H17F3N6O/c1-24-19(30)17-13(8-9-25-28-17)26-14-5-3-4-12-16-11(10-29(2)18(12)14)6-7-15(27-16)20(21,22)23/h3-9H,10H2,1-2H3,(H,24,30)(H,25,26)/i1D3,10D2. The Morgan fingerprint density at radius 1 is 1.23 bits per heavy atom. The number of pyridine rings is 1. The zero-order valence-electron chi connectivity index (χ0n) is 20.4. The number of aromatic nitrogens is 3. The van der Waals surface area contributed by atoms with Crippen LogP contribution in [0, 0.1) is 0 Å². The molecule has 1 aliphatic heterocycles. The summed E-state index contributed by atoms with van der Waals surface area (Å²) in [6.07, 6.45) is -3.48. The van der Waals surface area contributed by atoms with Crippen LogP contribution in [-0.4, -0.2) is 35.1 Å². The number of nitrogens with one attached hydrogen (secondary N) is 2. The van der Waals surface area contributed by atoms with Crippen molar-refractivity contribution in [1.82, 2.24) is 20.5 Å². The minimum atomic E-state index is -4.73. The van der Waals surface area contributed by atoms with Gasteiger partial charge in [0, 0.05) is 30.2 Å². The van der Waals surface area contributed by atoms with Crippen molar-refractivity contribution in [2.45, 2.75) is 12.7 Å². The Hall–Kier alpha value is -3.69. The third-order valence-electron chi connectivity index (χ3n) is 4.42. The highest BCUT2D eigenvalue weighted by atomic mass is 19.4. The molecule has 4 rings (SSSR count). The number of hydrogen-bond donors (Lipinski definition) is 2. The Kier molecular flexibility index (Phi) is 3.48. The van der Waals surface area contributed by atoms with Gasteiger partial charge in [0.05, 0.1) is 31.7 Å². The number of hydrogen-bond acceptors (Lipinski definition) is 6. The van der Waals surface area contributed by atoms with Gasteiger partial charge in [-0.1, -0.05) is 18.2 Å². The number of halogens is 3. The van der Waals surface area contributed by atoms with E-state index in [9.17, 15) is 18.0 Å². The number of para-hydroxylation sites is 1. The van der Waals surface area contributed by atoms with E-state index in [0.717, 1.165) is 12.1 Å². The average molecular weight is 419 g/mol. The second-order valence-electron chi connectivity index (χ2n) is 6.34. The van der Waals surface area contributed by atoms with Crippen molar-refractivity contribution in [3.8, 4) is 11.3 Å². The number of carbonyl (C=O) groups is 1. The van der Waals surface area contributed by atoms with Crippen LogP contribution in [0.15, 0.2) is 42.6 Å². The van der Waals surface area contributed by atoms with E-state index < -0.39 is 31.3 Å². The molecule has 30 heavy (non-hydrogen) atoms. The normalized spacial score (nSPS) is 17.3. The van der Waals surface area contributed by atoms with Crippen LogP contribution in [0.5, 0.6) is 0 Å². The number of rotatable bonds is 3. The van der Waals surface area contributed by atoms with Crippen LogP contribution < -0.4 is 15.5 Å². The van der Waals surface area contributed by atoms with E-state index in [0.29, 0.717) is 0 Å². The Morgan fingerprint density at radius 3 is 2.83 bits per heavy atom. The van der Waals surface area contributed by atoms with Crippen LogP contribution in [0.2, 0.25) is 0 Å². The predicted molar refractivity (Wildman–Crippen MR) is 105 cm³/mol. The highest BCUT2D eigenvalue weighted by molar-refractivity contribution is 5.99. The minimum Gasteiger partial charge on any atom is -0.368 e. The molecular weight excluding hydrogens is 397 g/mol. The van der Waals surface area contributed by atoms with Gasteiger partial charge in [-0.2, -0.15) is 18.3 Å². The third kappa shape index (κ3) is 3.40. The first kappa shape index (κ1) is 14.3. The average Bonchev–Trinajstić information content (AvgIpc) is 2.76. The fourth-order valence-electron chi connectivity index (χ4n) is 3.15. The van der Waals surface area contributed by atoms with Gasteiger partial charge in [0.2, 0.25) is 0 Å². The summed E-state index contributed by atoms with van der Waals surface area (Å²) in [5.41, 5.74) is -1.05. The number of anilines is 3. The molecule has 0 saturated heterocycles. The first-order valence-electron chi connectivity index (χ1n) is 11.1. The van der Waals surface area contributed by atoms with Crippen LogP contribution in [0.1, 0.15) is 28.6 Å². The smallest absolute Gasteiger partial charge is 0.368 e. The van der Waals surface area contributed by atoms with E-state index >= 15 is 0 Å². The second kappa shape index (κ2) is 7.29. The lowest BCUT2D eigenvalue weighted by Crippen LogP contribution is -2.24. The van der Waals surface area contributed by atoms with Gasteiger partial charge in [0.1, 0.15) is 5.69 Å². The molecule has 1 aromatic carbocycles. The Labute approximate surface area is 177 Å². The molecule has 0 aliphatic carbocycles. The summed E-state index contributed by atoms with van der Waals surface area (Å²) >= 11 is 0. The van der Waals surface area contributed by atoms with Gasteiger partial charge in [-0.3, -0.25) is 4.79 Å². The van der Waals surface area contributed by atoms with Crippen molar-refractivity contribution in [3.63, 3.8) is 0 Å². The number of carbonyl (C=O) groups excluding carboxylic acids is 1. The highest BCUT2D eigenvalue weighted by Gasteiger charge is 2.34. The summed E-state index contributed by atoms with van der Waals surface area (Å²) in [5, 5.41) is 12.0. The number of amides is 1. The van der Waals surface area contributed by atoms with Crippen LogP contribution in [-0.2, 0) is 12.7 Å². The van der Waals surface area contributed by atoms with Gasteiger partial charge in [-0.15, -0.1) is 5.10 Å². The molecule has 1 amide bonds. The Balaban J connectivity index is 1.84. The summed E-state index contributed by atoms with van der Waals surface area (Å²) in [6.45, 7) is -5.01. The zero-order chi connectivity index (χ0) is 25.8. The van der Waals surface area contributed by atoms with Gasteiger partial charge >= 0.3 is 6.18 Å². The molecule has 2 aromatic heterocycles. The molecule has 3 heterocycles. The molecular formula is C20H17F3N6O. The van der Waals surface area contributed by atoms with Crippen molar-refractivity contribution < 1.29 is 24.8 Å². The van der Waals surface area contributed by atoms with Gasteiger partial charge in [0.25, 0.3) is 5.91 Å². The molecule has 0 bridgehead atoms. The van der Waals surface area contributed by atoms with E-state index in [1.54, 1.807) is 0 Å². The molecule has 0 spiro atoms. The molecule has 7 nitrogen and oxygen atoms in total. The van der Waals surface area contributed by atoms with Crippen molar-refractivity contribution in [1.29, 1.82) is 0 Å². The van der Waals surface area contributed by atoms with Crippen LogP contribution in [0.3, 0.4) is 0 Å². The molecule has 0 fully saturated rings. The Bertz CT molecular complexity index is 1320. The van der Waals surface area contributed by atoms with Crippen molar-refractivity contribution in [3.05, 3.63) is 59.5 Å². The molecule has 0 saturated carbocycles. The van der Waals surface area contributed by atoms with Gasteiger partial charge in [0.15, 0.2) is 5.69 Å². The summed E-state index contributed by atoms with van der Waals surface area (Å²) in [7, 11) is 1.43. The molecule has 1 aliphatic rings. The van der Waals surface area contributed by atoms with Gasteiger partial charge in [-0.25, -0.2) is 4.98 Å². The second-order valence-corrected chi connectivity index (χ2v) is 6.34. The van der Waals surface area contributed by atoms with Crippen molar-refractivity contribution >= 4 is 23.0 Å². The molecule has 2 N–H and O–H groups in total. The maximum absolute atomic E-state index is 13.3. The van der Waals surface area contributed by atoms with Crippen LogP contribution in [0.25, 0.3) is 11.3 Å². The SMILES string of the molecule is [2H]C([2H])([2H])NC(=O)c1nnccc1Nc1cccc2c1N(C)C([2H])([2H])c1ccc(C(F)(F)F)nc1-2. The fourth-order valence-corrected chi connectivity index (χ4v) is 3.15. The van der Waals surface area contributed by atoms with Crippen LogP contribution in [0.4, 0.5) is 30.2 Å². The van der Waals surface area contributed by atoms with Crippen molar-refractivity contribution in [2.75, 3.05) is 24.2 Å². The largest absolute Gasteiger partial charge is 0.433 e. The van der Waals surface area contributed by atoms with E-state index in [2.05, 4.69) is 20.5 Å². The molecule has 154 valence electrons. The summed E-state index contributed by atoms with van der Waals surface area (Å²) in [6, 6.07) is 7.71. The summed E-state index contributed by atoms with van der Waals surface area (Å²) < 4.78 is 78.8. The number of benzene rings is 1. The number of alkyl halides is 3. The van der Waals surface area contributed by atoms with E-state index in [4.69, 9.17) is 6.85 Å². The maximum Gasteiger partial charge on any atom is 0.433 e. The minimum absolute atomic E-state index is 0.0408. The van der Waals surface area contributed by atoms with Crippen LogP contribution >= 0.6 is 0 Å². The molecule has 10 heteroatoms. The highest BCUT2D eigenvalue weighted by Crippen LogP contribution is 2.44. The molecule has 3 aromatic rings. The summed E-state index contributed by atoms with van der Waals surface area (Å²) in [5.74, 6) is -1.03. The molecule has 0 unspecified atom stereocenters. The Morgan fingerprint density at radius 2 is 2.07 bits per heavy atom. The van der Waals surface area contributed by atoms with E-state index in [-0.39, 0.29) is 39.6 Å². The first-order valence-corrected chi connectivity index (χ1v) is 8.57. The zero-order valence-corrected chi connectivity index (χ0v) is 15.4. The fraction of sp³-hybridized carbons (Fsp3) is 0.200. The quantitative estimate of drug-likeness (QED) is 0.675. The predicted octanol–water partition coefficient (Wildman–Crippen LogP) is 3.61. The first-order chi connectivity index (χ1) is 16.2.